The second-order valence-electron chi connectivity index (χ2n) is 5.42. The number of aromatic nitrogens is 1. The molecule has 0 saturated carbocycles. The molecule has 3 aromatic rings. The molecule has 2 aromatic carbocycles. The molecule has 1 aromatic heterocycles. The number of ether oxygens (including phenoxy) is 1. The number of fused-ring (bicyclic) bond motifs is 1. The number of halogens is 1. The molecule has 6 heteroatoms. The number of carbonyl (C=O) groups excluding carboxylic acids is 1. The number of thiazole rings is 1. The molecular weight excluding hydrogens is 327 g/mol. The van der Waals surface area contributed by atoms with Gasteiger partial charge in [-0.05, 0) is 31.2 Å². The van der Waals surface area contributed by atoms with Crippen LogP contribution in [0.5, 0.6) is 5.75 Å². The molecule has 1 heterocycles. The first-order valence-electron chi connectivity index (χ1n) is 7.54. The molecule has 124 valence electrons. The van der Waals surface area contributed by atoms with Gasteiger partial charge in [-0.3, -0.25) is 4.79 Å². The molecule has 24 heavy (non-hydrogen) atoms. The summed E-state index contributed by atoms with van der Waals surface area (Å²) in [5, 5.41) is 0.859. The summed E-state index contributed by atoms with van der Waals surface area (Å²) in [4.78, 5) is 18.5. The lowest BCUT2D eigenvalue weighted by atomic mass is 10.3. The molecule has 0 N–H and O–H groups in total. The van der Waals surface area contributed by atoms with Crippen molar-refractivity contribution in [1.82, 2.24) is 9.88 Å². The average Bonchev–Trinajstić information content (AvgIpc) is 3.03. The van der Waals surface area contributed by atoms with Gasteiger partial charge in [0, 0.05) is 7.05 Å². The zero-order valence-electron chi connectivity index (χ0n) is 13.4. The largest absolute Gasteiger partial charge is 0.481 e. The van der Waals surface area contributed by atoms with Crippen LogP contribution in [0.3, 0.4) is 0 Å². The first-order chi connectivity index (χ1) is 11.6. The maximum atomic E-state index is 13.5. The van der Waals surface area contributed by atoms with Gasteiger partial charge in [0.25, 0.3) is 5.91 Å². The Bertz CT molecular complexity index is 832. The van der Waals surface area contributed by atoms with E-state index in [1.807, 2.05) is 31.2 Å². The van der Waals surface area contributed by atoms with Crippen LogP contribution in [0.1, 0.15) is 18.0 Å². The molecular formula is C18H17FN2O2S. The number of rotatable bonds is 5. The van der Waals surface area contributed by atoms with Crippen molar-refractivity contribution in [3.63, 3.8) is 0 Å². The van der Waals surface area contributed by atoms with E-state index in [2.05, 4.69) is 4.98 Å². The average molecular weight is 344 g/mol. The molecule has 0 radical (unpaired) electrons. The molecule has 4 nitrogen and oxygen atoms in total. The van der Waals surface area contributed by atoms with E-state index >= 15 is 0 Å². The van der Waals surface area contributed by atoms with Crippen LogP contribution in [0.2, 0.25) is 0 Å². The van der Waals surface area contributed by atoms with Gasteiger partial charge >= 0.3 is 0 Å². The number of hydrogen-bond donors (Lipinski definition) is 0. The fraction of sp³-hybridized carbons (Fsp3) is 0.222. The molecule has 0 saturated heterocycles. The van der Waals surface area contributed by atoms with Crippen molar-refractivity contribution in [1.29, 1.82) is 0 Å². The van der Waals surface area contributed by atoms with Crippen LogP contribution in [-0.4, -0.2) is 29.4 Å². The predicted octanol–water partition coefficient (Wildman–Crippen LogP) is 4.03. The second kappa shape index (κ2) is 6.97. The lowest BCUT2D eigenvalue weighted by Gasteiger charge is -2.23. The quantitative estimate of drug-likeness (QED) is 0.702. The Morgan fingerprint density at radius 2 is 1.96 bits per heavy atom. The Morgan fingerprint density at radius 1 is 1.25 bits per heavy atom. The van der Waals surface area contributed by atoms with Gasteiger partial charge in [0.05, 0.1) is 16.3 Å². The van der Waals surface area contributed by atoms with E-state index in [9.17, 15) is 9.18 Å². The van der Waals surface area contributed by atoms with Crippen LogP contribution < -0.4 is 4.74 Å². The Labute approximate surface area is 143 Å². The Balaban J connectivity index is 1.67. The lowest BCUT2D eigenvalue weighted by Crippen LogP contribution is -2.33. The highest BCUT2D eigenvalue weighted by atomic mass is 32.1. The van der Waals surface area contributed by atoms with Gasteiger partial charge in [0.15, 0.2) is 18.2 Å². The first kappa shape index (κ1) is 16.4. The van der Waals surface area contributed by atoms with Gasteiger partial charge < -0.3 is 9.64 Å². The van der Waals surface area contributed by atoms with Crippen LogP contribution in [0, 0.1) is 5.82 Å². The number of amides is 1. The van der Waals surface area contributed by atoms with E-state index in [0.717, 1.165) is 15.2 Å². The molecule has 0 aliphatic heterocycles. The minimum atomic E-state index is -0.479. The third-order valence-electron chi connectivity index (χ3n) is 3.83. The third-order valence-corrected chi connectivity index (χ3v) is 5.04. The lowest BCUT2D eigenvalue weighted by molar-refractivity contribution is -0.134. The topological polar surface area (TPSA) is 42.4 Å². The summed E-state index contributed by atoms with van der Waals surface area (Å²) in [6.07, 6.45) is 0. The summed E-state index contributed by atoms with van der Waals surface area (Å²) in [5.74, 6) is -0.635. The number of para-hydroxylation sites is 2. The number of likely N-dealkylation sites (N-methyl/N-ethyl adjacent to an activating group) is 1. The second-order valence-corrected chi connectivity index (χ2v) is 6.48. The first-order valence-corrected chi connectivity index (χ1v) is 8.36. The summed E-state index contributed by atoms with van der Waals surface area (Å²) < 4.78 is 19.9. The van der Waals surface area contributed by atoms with E-state index in [4.69, 9.17) is 4.74 Å². The zero-order valence-corrected chi connectivity index (χ0v) is 14.2. The maximum absolute atomic E-state index is 13.5. The molecule has 0 aliphatic rings. The van der Waals surface area contributed by atoms with Crippen LogP contribution in [0.25, 0.3) is 10.2 Å². The minimum absolute atomic E-state index is 0.0758. The standard InChI is InChI=1S/C18H17FN2O2S/c1-12(18-20-14-8-4-6-10-16(14)24-18)21(2)17(22)11-23-15-9-5-3-7-13(15)19/h3-10,12H,11H2,1-2H3/t12-/m0/s1. The van der Waals surface area contributed by atoms with Gasteiger partial charge in [-0.15, -0.1) is 11.3 Å². The molecule has 0 spiro atoms. The molecule has 0 bridgehead atoms. The molecule has 1 atom stereocenters. The van der Waals surface area contributed by atoms with Crippen molar-refractivity contribution in [2.24, 2.45) is 0 Å². The van der Waals surface area contributed by atoms with E-state index in [0.29, 0.717) is 0 Å². The molecule has 0 fully saturated rings. The zero-order chi connectivity index (χ0) is 17.1. The third kappa shape index (κ3) is 3.38. The Hall–Kier alpha value is -2.47. The van der Waals surface area contributed by atoms with Gasteiger partial charge in [-0.1, -0.05) is 24.3 Å². The van der Waals surface area contributed by atoms with Crippen LogP contribution in [-0.2, 0) is 4.79 Å². The summed E-state index contributed by atoms with van der Waals surface area (Å²) in [6, 6.07) is 13.7. The number of nitrogens with zero attached hydrogens (tertiary/aromatic N) is 2. The highest BCUT2D eigenvalue weighted by molar-refractivity contribution is 7.18. The molecule has 0 aliphatic carbocycles. The summed E-state index contributed by atoms with van der Waals surface area (Å²) in [7, 11) is 1.70. The highest BCUT2D eigenvalue weighted by Gasteiger charge is 2.21. The maximum Gasteiger partial charge on any atom is 0.260 e. The fourth-order valence-corrected chi connectivity index (χ4v) is 3.32. The van der Waals surface area contributed by atoms with Gasteiger partial charge in [-0.25, -0.2) is 9.37 Å². The van der Waals surface area contributed by atoms with Crippen LogP contribution >= 0.6 is 11.3 Å². The fourth-order valence-electron chi connectivity index (χ4n) is 2.25. The number of carbonyl (C=O) groups is 1. The Morgan fingerprint density at radius 3 is 2.71 bits per heavy atom. The van der Waals surface area contributed by atoms with Crippen molar-refractivity contribution in [2.45, 2.75) is 13.0 Å². The minimum Gasteiger partial charge on any atom is -0.481 e. The van der Waals surface area contributed by atoms with Crippen molar-refractivity contribution in [2.75, 3.05) is 13.7 Å². The van der Waals surface area contributed by atoms with Gasteiger partial charge in [0.2, 0.25) is 0 Å². The van der Waals surface area contributed by atoms with E-state index in [1.165, 1.54) is 12.1 Å². The van der Waals surface area contributed by atoms with Crippen molar-refractivity contribution in [3.8, 4) is 5.75 Å². The monoisotopic (exact) mass is 344 g/mol. The van der Waals surface area contributed by atoms with Crippen molar-refractivity contribution < 1.29 is 13.9 Å². The summed E-state index contributed by atoms with van der Waals surface area (Å²) in [5.41, 5.74) is 0.924. The van der Waals surface area contributed by atoms with E-state index in [1.54, 1.807) is 35.4 Å². The molecule has 0 unspecified atom stereocenters. The van der Waals surface area contributed by atoms with Gasteiger partial charge in [-0.2, -0.15) is 0 Å². The molecule has 1 amide bonds. The van der Waals surface area contributed by atoms with E-state index < -0.39 is 5.82 Å². The molecule has 3 rings (SSSR count). The Kier molecular flexibility index (Phi) is 4.76. The van der Waals surface area contributed by atoms with Gasteiger partial charge in [0.1, 0.15) is 5.01 Å². The van der Waals surface area contributed by atoms with Crippen molar-refractivity contribution >= 4 is 27.5 Å². The number of benzene rings is 2. The smallest absolute Gasteiger partial charge is 0.260 e. The van der Waals surface area contributed by atoms with Crippen molar-refractivity contribution in [3.05, 3.63) is 59.4 Å². The highest BCUT2D eigenvalue weighted by Crippen LogP contribution is 2.28. The summed E-state index contributed by atoms with van der Waals surface area (Å²) >= 11 is 1.56. The SMILES string of the molecule is C[C@@H](c1nc2ccccc2s1)N(C)C(=O)COc1ccccc1F. The van der Waals surface area contributed by atoms with E-state index in [-0.39, 0.29) is 24.3 Å². The summed E-state index contributed by atoms with van der Waals surface area (Å²) in [6.45, 7) is 1.70. The normalized spacial score (nSPS) is 12.1. The predicted molar refractivity (Wildman–Crippen MR) is 92.7 cm³/mol. The van der Waals surface area contributed by atoms with Crippen LogP contribution in [0.15, 0.2) is 48.5 Å². The van der Waals surface area contributed by atoms with Crippen LogP contribution in [0.4, 0.5) is 4.39 Å². The number of hydrogen-bond acceptors (Lipinski definition) is 4.